The summed E-state index contributed by atoms with van der Waals surface area (Å²) in [6.45, 7) is 12.5. The summed E-state index contributed by atoms with van der Waals surface area (Å²) >= 11 is 0. The minimum absolute atomic E-state index is 0.176. The van der Waals surface area contributed by atoms with E-state index in [0.717, 1.165) is 48.3 Å². The number of carboxylic acid groups (broad SMARTS) is 1. The zero-order valence-electron chi connectivity index (χ0n) is 23.7. The molecule has 2 heteroatoms. The van der Waals surface area contributed by atoms with Crippen molar-refractivity contribution in [3.63, 3.8) is 0 Å². The van der Waals surface area contributed by atoms with E-state index in [0.29, 0.717) is 11.3 Å². The maximum Gasteiger partial charge on any atom is 0.307 e. The van der Waals surface area contributed by atoms with Crippen molar-refractivity contribution in [2.24, 2.45) is 58.2 Å². The summed E-state index contributed by atoms with van der Waals surface area (Å²) in [5, 5.41) is 10.4. The standard InChI is InChI=1S/C34H52O2/c1-22(2)10-9-11-23(3)29-16-17-30-26-15-14-25-20-27(24-12-7-6-8-13-24)28(32(35)36)21-34(25,5)31(26)18-19-33(29,30)4/h6-8,12-13,22-23,25-31H,9-11,14-21H2,1-5H3,(H,35,36)/t23-,25?,26+,27?,28?,29-,30+,31+,33-,34+/m1/s1. The Morgan fingerprint density at radius 3 is 2.36 bits per heavy atom. The molecule has 5 rings (SSSR count). The fourth-order valence-corrected chi connectivity index (χ4v) is 10.7. The Morgan fingerprint density at radius 1 is 0.944 bits per heavy atom. The lowest BCUT2D eigenvalue weighted by Gasteiger charge is -2.62. The molecule has 1 N–H and O–H groups in total. The monoisotopic (exact) mass is 492 g/mol. The van der Waals surface area contributed by atoms with Gasteiger partial charge in [0.05, 0.1) is 5.92 Å². The summed E-state index contributed by atoms with van der Waals surface area (Å²) in [5.41, 5.74) is 1.95. The highest BCUT2D eigenvalue weighted by Crippen LogP contribution is 2.69. The van der Waals surface area contributed by atoms with Crippen LogP contribution >= 0.6 is 0 Å². The predicted octanol–water partition coefficient (Wildman–Crippen LogP) is 9.20. The minimum atomic E-state index is -0.567. The van der Waals surface area contributed by atoms with Crippen LogP contribution in [0.25, 0.3) is 0 Å². The van der Waals surface area contributed by atoms with Crippen molar-refractivity contribution in [3.05, 3.63) is 35.9 Å². The second-order valence-electron chi connectivity index (χ2n) is 14.6. The average molecular weight is 493 g/mol. The molecule has 0 bridgehead atoms. The first-order valence-corrected chi connectivity index (χ1v) is 15.4. The molecule has 4 saturated carbocycles. The van der Waals surface area contributed by atoms with Crippen LogP contribution in [-0.4, -0.2) is 11.1 Å². The van der Waals surface area contributed by atoms with Gasteiger partial charge >= 0.3 is 5.97 Å². The molecule has 0 aliphatic heterocycles. The minimum Gasteiger partial charge on any atom is -0.481 e. The van der Waals surface area contributed by atoms with Gasteiger partial charge in [0.15, 0.2) is 0 Å². The van der Waals surface area contributed by atoms with Gasteiger partial charge in [0.2, 0.25) is 0 Å². The second-order valence-corrected chi connectivity index (χ2v) is 14.6. The van der Waals surface area contributed by atoms with E-state index in [4.69, 9.17) is 0 Å². The van der Waals surface area contributed by atoms with Crippen molar-refractivity contribution < 1.29 is 9.90 Å². The maximum absolute atomic E-state index is 12.6. The number of aliphatic carboxylic acids is 1. The molecule has 0 amide bonds. The van der Waals surface area contributed by atoms with Gasteiger partial charge in [-0.1, -0.05) is 84.2 Å². The van der Waals surface area contributed by atoms with E-state index in [-0.39, 0.29) is 17.3 Å². The molecule has 4 aliphatic carbocycles. The van der Waals surface area contributed by atoms with Crippen LogP contribution < -0.4 is 0 Å². The number of carbonyl (C=O) groups is 1. The van der Waals surface area contributed by atoms with Gasteiger partial charge in [-0.05, 0) is 115 Å². The molecule has 36 heavy (non-hydrogen) atoms. The van der Waals surface area contributed by atoms with Crippen LogP contribution in [0, 0.1) is 58.2 Å². The highest BCUT2D eigenvalue weighted by Gasteiger charge is 2.62. The number of hydrogen-bond acceptors (Lipinski definition) is 1. The van der Waals surface area contributed by atoms with Crippen LogP contribution in [0.3, 0.4) is 0 Å². The highest BCUT2D eigenvalue weighted by atomic mass is 16.4. The fraction of sp³-hybridized carbons (Fsp3) is 0.794. The van der Waals surface area contributed by atoms with Crippen LogP contribution in [0.4, 0.5) is 0 Å². The molecule has 2 nitrogen and oxygen atoms in total. The van der Waals surface area contributed by atoms with Crippen LogP contribution in [0.15, 0.2) is 30.3 Å². The number of benzene rings is 1. The molecule has 1 aromatic carbocycles. The highest BCUT2D eigenvalue weighted by molar-refractivity contribution is 5.72. The van der Waals surface area contributed by atoms with E-state index in [9.17, 15) is 9.90 Å². The third-order valence-corrected chi connectivity index (χ3v) is 12.5. The maximum atomic E-state index is 12.6. The van der Waals surface area contributed by atoms with E-state index in [1.54, 1.807) is 0 Å². The van der Waals surface area contributed by atoms with Gasteiger partial charge in [0.1, 0.15) is 0 Å². The van der Waals surface area contributed by atoms with Gasteiger partial charge in [-0.15, -0.1) is 0 Å². The Labute approximate surface area is 221 Å². The Morgan fingerprint density at radius 2 is 1.67 bits per heavy atom. The van der Waals surface area contributed by atoms with Crippen molar-refractivity contribution >= 4 is 5.97 Å². The molecular formula is C34H52O2. The van der Waals surface area contributed by atoms with Crippen molar-refractivity contribution in [2.75, 3.05) is 0 Å². The first kappa shape index (κ1) is 26.3. The molecule has 10 atom stereocenters. The van der Waals surface area contributed by atoms with Crippen molar-refractivity contribution in [1.29, 1.82) is 0 Å². The second kappa shape index (κ2) is 10.1. The number of hydrogen-bond donors (Lipinski definition) is 1. The Balaban J connectivity index is 1.34. The van der Waals surface area contributed by atoms with Crippen LogP contribution in [0.1, 0.15) is 117 Å². The molecule has 0 heterocycles. The van der Waals surface area contributed by atoms with Crippen LogP contribution in [0.5, 0.6) is 0 Å². The molecule has 0 aromatic heterocycles. The fourth-order valence-electron chi connectivity index (χ4n) is 10.7. The molecule has 4 aliphatic rings. The molecule has 0 radical (unpaired) electrons. The quantitative estimate of drug-likeness (QED) is 0.412. The Bertz CT molecular complexity index is 907. The third-order valence-electron chi connectivity index (χ3n) is 12.5. The number of fused-ring (bicyclic) bond motifs is 5. The van der Waals surface area contributed by atoms with Gasteiger partial charge in [-0.25, -0.2) is 0 Å². The lowest BCUT2D eigenvalue weighted by Crippen LogP contribution is -2.55. The molecule has 0 spiro atoms. The summed E-state index contributed by atoms with van der Waals surface area (Å²) in [6, 6.07) is 10.6. The van der Waals surface area contributed by atoms with Crippen molar-refractivity contribution in [1.82, 2.24) is 0 Å². The first-order chi connectivity index (χ1) is 17.1. The van der Waals surface area contributed by atoms with E-state index >= 15 is 0 Å². The lowest BCUT2D eigenvalue weighted by atomic mass is 9.42. The molecule has 200 valence electrons. The van der Waals surface area contributed by atoms with Crippen LogP contribution in [-0.2, 0) is 4.79 Å². The topological polar surface area (TPSA) is 37.3 Å². The zero-order valence-corrected chi connectivity index (χ0v) is 23.7. The third kappa shape index (κ3) is 4.47. The van der Waals surface area contributed by atoms with Gasteiger partial charge in [0, 0.05) is 0 Å². The number of carboxylic acids is 1. The summed E-state index contributed by atoms with van der Waals surface area (Å²) in [6.07, 6.45) is 14.4. The van der Waals surface area contributed by atoms with Gasteiger partial charge in [-0.2, -0.15) is 0 Å². The average Bonchev–Trinajstić information content (AvgIpc) is 3.20. The van der Waals surface area contributed by atoms with Gasteiger partial charge in [-0.3, -0.25) is 4.79 Å². The molecule has 1 aromatic rings. The van der Waals surface area contributed by atoms with E-state index in [1.165, 1.54) is 63.4 Å². The summed E-state index contributed by atoms with van der Waals surface area (Å²) in [7, 11) is 0. The Kier molecular flexibility index (Phi) is 7.38. The molecule has 4 fully saturated rings. The van der Waals surface area contributed by atoms with Crippen LogP contribution in [0.2, 0.25) is 0 Å². The molecule has 0 saturated heterocycles. The zero-order chi connectivity index (χ0) is 25.7. The van der Waals surface area contributed by atoms with E-state index in [2.05, 4.69) is 65.0 Å². The molecule has 3 unspecified atom stereocenters. The van der Waals surface area contributed by atoms with E-state index in [1.807, 2.05) is 0 Å². The smallest absolute Gasteiger partial charge is 0.307 e. The predicted molar refractivity (Wildman–Crippen MR) is 149 cm³/mol. The van der Waals surface area contributed by atoms with Gasteiger partial charge < -0.3 is 5.11 Å². The van der Waals surface area contributed by atoms with E-state index < -0.39 is 5.97 Å². The first-order valence-electron chi connectivity index (χ1n) is 15.4. The van der Waals surface area contributed by atoms with Crippen molar-refractivity contribution in [2.45, 2.75) is 111 Å². The lowest BCUT2D eigenvalue weighted by molar-refractivity contribution is -0.157. The number of rotatable bonds is 7. The summed E-state index contributed by atoms with van der Waals surface area (Å²) in [4.78, 5) is 12.6. The Hall–Kier alpha value is -1.31. The normalized spacial score (nSPS) is 42.9. The largest absolute Gasteiger partial charge is 0.481 e. The summed E-state index contributed by atoms with van der Waals surface area (Å²) < 4.78 is 0. The van der Waals surface area contributed by atoms with Gasteiger partial charge in [0.25, 0.3) is 0 Å². The molecular weight excluding hydrogens is 440 g/mol. The SMILES string of the molecule is CC(C)CCC[C@@H](C)[C@H]1CC[C@H]2[C@@H]3CCC4CC(c5ccccc5)C(C(=O)O)C[C@]4(C)[C@H]3CC[C@]12C. The van der Waals surface area contributed by atoms with Crippen molar-refractivity contribution in [3.8, 4) is 0 Å². The summed E-state index contributed by atoms with van der Waals surface area (Å²) in [5.74, 6) is 5.01.